The number of nitrogens with zero attached hydrogens (tertiary/aromatic N) is 1. The highest BCUT2D eigenvalue weighted by molar-refractivity contribution is 6.39. The summed E-state index contributed by atoms with van der Waals surface area (Å²) in [7, 11) is 0. The van der Waals surface area contributed by atoms with Gasteiger partial charge in [0, 0.05) is 18.8 Å². The predicted molar refractivity (Wildman–Crippen MR) is 86.4 cm³/mol. The number of amides is 2. The standard InChI is InChI=1S/C18H24N2O2/c21-16(19-15-8-4-3-5-9-15)17(22)20-13-12-18(14-20)10-6-1-2-7-11-18/h3-5,8-9H,1-2,6-7,10-14H2,(H,19,21). The van der Waals surface area contributed by atoms with E-state index in [1.54, 1.807) is 17.0 Å². The van der Waals surface area contributed by atoms with E-state index in [1.807, 2.05) is 18.2 Å². The molecule has 1 aliphatic carbocycles. The molecule has 2 amide bonds. The van der Waals surface area contributed by atoms with Crippen LogP contribution in [0.5, 0.6) is 0 Å². The Morgan fingerprint density at radius 2 is 1.64 bits per heavy atom. The number of carbonyl (C=O) groups is 2. The van der Waals surface area contributed by atoms with Crippen molar-refractivity contribution in [1.82, 2.24) is 4.90 Å². The first-order valence-corrected chi connectivity index (χ1v) is 8.34. The van der Waals surface area contributed by atoms with Crippen molar-refractivity contribution in [2.75, 3.05) is 18.4 Å². The van der Waals surface area contributed by atoms with E-state index in [-0.39, 0.29) is 11.3 Å². The Kier molecular flexibility index (Phi) is 4.46. The molecule has 2 fully saturated rings. The maximum atomic E-state index is 12.4. The van der Waals surface area contributed by atoms with Gasteiger partial charge < -0.3 is 10.2 Å². The Morgan fingerprint density at radius 3 is 2.32 bits per heavy atom. The van der Waals surface area contributed by atoms with E-state index < -0.39 is 5.91 Å². The van der Waals surface area contributed by atoms with Crippen LogP contribution in [-0.2, 0) is 9.59 Å². The van der Waals surface area contributed by atoms with Crippen molar-refractivity contribution in [3.8, 4) is 0 Å². The van der Waals surface area contributed by atoms with Crippen molar-refractivity contribution in [2.45, 2.75) is 44.9 Å². The highest BCUT2D eigenvalue weighted by Crippen LogP contribution is 2.42. The maximum Gasteiger partial charge on any atom is 0.313 e. The fourth-order valence-electron chi connectivity index (χ4n) is 3.84. The molecule has 1 N–H and O–H groups in total. The van der Waals surface area contributed by atoms with Crippen LogP contribution in [0, 0.1) is 5.41 Å². The van der Waals surface area contributed by atoms with Gasteiger partial charge in [-0.25, -0.2) is 0 Å². The minimum absolute atomic E-state index is 0.277. The Morgan fingerprint density at radius 1 is 0.955 bits per heavy atom. The van der Waals surface area contributed by atoms with Gasteiger partial charge in [0.1, 0.15) is 0 Å². The number of benzene rings is 1. The molecule has 1 aromatic carbocycles. The van der Waals surface area contributed by atoms with Gasteiger partial charge in [-0.15, -0.1) is 0 Å². The summed E-state index contributed by atoms with van der Waals surface area (Å²) in [6.07, 6.45) is 8.61. The molecule has 1 aromatic rings. The summed E-state index contributed by atoms with van der Waals surface area (Å²) < 4.78 is 0. The smallest absolute Gasteiger partial charge is 0.313 e. The van der Waals surface area contributed by atoms with Crippen molar-refractivity contribution >= 4 is 17.5 Å². The molecule has 0 atom stereocenters. The molecule has 1 heterocycles. The number of nitrogens with one attached hydrogen (secondary N) is 1. The lowest BCUT2D eigenvalue weighted by molar-refractivity contribution is -0.142. The lowest BCUT2D eigenvalue weighted by Crippen LogP contribution is -2.39. The van der Waals surface area contributed by atoms with Crippen LogP contribution >= 0.6 is 0 Å². The van der Waals surface area contributed by atoms with Gasteiger partial charge in [-0.2, -0.15) is 0 Å². The Bertz CT molecular complexity index is 533. The molecule has 1 saturated heterocycles. The summed E-state index contributed by atoms with van der Waals surface area (Å²) in [6.45, 7) is 1.48. The molecule has 4 nitrogen and oxygen atoms in total. The number of hydrogen-bond acceptors (Lipinski definition) is 2. The highest BCUT2D eigenvalue weighted by Gasteiger charge is 2.41. The molecular weight excluding hydrogens is 276 g/mol. The van der Waals surface area contributed by atoms with Gasteiger partial charge in [0.2, 0.25) is 0 Å². The molecule has 1 spiro atoms. The average Bonchev–Trinajstić information content (AvgIpc) is 2.81. The zero-order valence-corrected chi connectivity index (χ0v) is 13.0. The molecule has 118 valence electrons. The van der Waals surface area contributed by atoms with Crippen LogP contribution in [0.15, 0.2) is 30.3 Å². The van der Waals surface area contributed by atoms with Crippen molar-refractivity contribution in [3.05, 3.63) is 30.3 Å². The number of rotatable bonds is 1. The molecular formula is C18H24N2O2. The number of anilines is 1. The van der Waals surface area contributed by atoms with Gasteiger partial charge in [-0.05, 0) is 36.8 Å². The average molecular weight is 300 g/mol. The largest absolute Gasteiger partial charge is 0.334 e. The van der Waals surface area contributed by atoms with Gasteiger partial charge in [0.25, 0.3) is 0 Å². The van der Waals surface area contributed by atoms with Gasteiger partial charge >= 0.3 is 11.8 Å². The number of likely N-dealkylation sites (tertiary alicyclic amines) is 1. The molecule has 1 aliphatic heterocycles. The molecule has 1 saturated carbocycles. The predicted octanol–water partition coefficient (Wildman–Crippen LogP) is 3.20. The minimum atomic E-state index is -0.517. The van der Waals surface area contributed by atoms with E-state index >= 15 is 0 Å². The SMILES string of the molecule is O=C(Nc1ccccc1)C(=O)N1CCC2(CCCCCC2)C1. The number of para-hydroxylation sites is 1. The van der Waals surface area contributed by atoms with Gasteiger partial charge in [0.15, 0.2) is 0 Å². The second-order valence-electron chi connectivity index (χ2n) is 6.71. The highest BCUT2D eigenvalue weighted by atomic mass is 16.2. The van der Waals surface area contributed by atoms with Crippen LogP contribution in [0.3, 0.4) is 0 Å². The maximum absolute atomic E-state index is 12.4. The molecule has 22 heavy (non-hydrogen) atoms. The Balaban J connectivity index is 1.60. The third kappa shape index (κ3) is 3.32. The van der Waals surface area contributed by atoms with Gasteiger partial charge in [0.05, 0.1) is 0 Å². The van der Waals surface area contributed by atoms with Crippen LogP contribution in [0.1, 0.15) is 44.9 Å². The van der Waals surface area contributed by atoms with E-state index in [0.717, 1.165) is 19.5 Å². The summed E-state index contributed by atoms with van der Waals surface area (Å²) in [5, 5.41) is 2.69. The van der Waals surface area contributed by atoms with E-state index in [9.17, 15) is 9.59 Å². The Labute approximate surface area is 131 Å². The normalized spacial score (nSPS) is 20.6. The van der Waals surface area contributed by atoms with E-state index in [1.165, 1.54) is 38.5 Å². The first kappa shape index (κ1) is 15.1. The van der Waals surface area contributed by atoms with Crippen molar-refractivity contribution in [1.29, 1.82) is 0 Å². The first-order valence-electron chi connectivity index (χ1n) is 8.34. The van der Waals surface area contributed by atoms with Crippen LogP contribution in [0.4, 0.5) is 5.69 Å². The summed E-state index contributed by atoms with van der Waals surface area (Å²) >= 11 is 0. The van der Waals surface area contributed by atoms with Gasteiger partial charge in [-0.3, -0.25) is 9.59 Å². The molecule has 0 bridgehead atoms. The van der Waals surface area contributed by atoms with Crippen LogP contribution in [0.2, 0.25) is 0 Å². The minimum Gasteiger partial charge on any atom is -0.334 e. The molecule has 3 rings (SSSR count). The lowest BCUT2D eigenvalue weighted by atomic mass is 9.80. The van der Waals surface area contributed by atoms with Crippen molar-refractivity contribution in [3.63, 3.8) is 0 Å². The zero-order valence-electron chi connectivity index (χ0n) is 13.0. The second-order valence-corrected chi connectivity index (χ2v) is 6.71. The third-order valence-electron chi connectivity index (χ3n) is 5.12. The summed E-state index contributed by atoms with van der Waals surface area (Å²) in [4.78, 5) is 26.3. The molecule has 0 unspecified atom stereocenters. The molecule has 2 aliphatic rings. The molecule has 4 heteroatoms. The summed E-state index contributed by atoms with van der Waals surface area (Å²) in [5.74, 6) is -0.901. The molecule has 0 radical (unpaired) electrons. The fraction of sp³-hybridized carbons (Fsp3) is 0.556. The quantitative estimate of drug-likeness (QED) is 0.810. The van der Waals surface area contributed by atoms with Crippen molar-refractivity contribution in [2.24, 2.45) is 5.41 Å². The topological polar surface area (TPSA) is 49.4 Å². The zero-order chi connectivity index (χ0) is 15.4. The third-order valence-corrected chi connectivity index (χ3v) is 5.12. The van der Waals surface area contributed by atoms with Crippen LogP contribution in [-0.4, -0.2) is 29.8 Å². The fourth-order valence-corrected chi connectivity index (χ4v) is 3.84. The van der Waals surface area contributed by atoms with E-state index in [0.29, 0.717) is 5.69 Å². The Hall–Kier alpha value is -1.84. The first-order chi connectivity index (χ1) is 10.7. The molecule has 0 aromatic heterocycles. The van der Waals surface area contributed by atoms with Crippen molar-refractivity contribution < 1.29 is 9.59 Å². The van der Waals surface area contributed by atoms with E-state index in [2.05, 4.69) is 5.32 Å². The number of hydrogen-bond donors (Lipinski definition) is 1. The summed E-state index contributed by atoms with van der Waals surface area (Å²) in [6, 6.07) is 9.16. The summed E-state index contributed by atoms with van der Waals surface area (Å²) in [5.41, 5.74) is 0.948. The lowest BCUT2D eigenvalue weighted by Gasteiger charge is -2.27. The monoisotopic (exact) mass is 300 g/mol. The second kappa shape index (κ2) is 6.51. The van der Waals surface area contributed by atoms with Crippen LogP contribution < -0.4 is 5.32 Å². The van der Waals surface area contributed by atoms with E-state index in [4.69, 9.17) is 0 Å². The van der Waals surface area contributed by atoms with Gasteiger partial charge in [-0.1, -0.05) is 43.9 Å². The van der Waals surface area contributed by atoms with Crippen LogP contribution in [0.25, 0.3) is 0 Å². The number of carbonyl (C=O) groups excluding carboxylic acids is 2.